The molecule has 0 unspecified atom stereocenters. The highest BCUT2D eigenvalue weighted by Gasteiger charge is 2.59. The lowest BCUT2D eigenvalue weighted by molar-refractivity contribution is -0.297. The van der Waals surface area contributed by atoms with E-state index in [1.807, 2.05) is 0 Å². The van der Waals surface area contributed by atoms with E-state index in [1.54, 1.807) is 0 Å². The van der Waals surface area contributed by atoms with Crippen LogP contribution in [0.1, 0.15) is 27.7 Å². The SMILES string of the molecule is CC(=O)O[C@H]1O[C@@H](C)[C@H](OC(C)=O)[C@@H](OC(C)=O)[C@@H]1C(F)(F)Cl. The zero-order valence-corrected chi connectivity index (χ0v) is 13.6. The summed E-state index contributed by atoms with van der Waals surface area (Å²) in [7, 11) is 0. The molecular weight excluding hydrogens is 342 g/mol. The van der Waals surface area contributed by atoms with Crippen molar-refractivity contribution in [1.29, 1.82) is 0 Å². The van der Waals surface area contributed by atoms with E-state index in [0.29, 0.717) is 0 Å². The Morgan fingerprint density at radius 3 is 1.78 bits per heavy atom. The molecule has 7 nitrogen and oxygen atoms in total. The predicted octanol–water partition coefficient (Wildman–Crippen LogP) is 1.61. The van der Waals surface area contributed by atoms with E-state index in [9.17, 15) is 23.2 Å². The van der Waals surface area contributed by atoms with Crippen molar-refractivity contribution in [1.82, 2.24) is 0 Å². The number of esters is 3. The fraction of sp³-hybridized carbons (Fsp3) is 0.769. The van der Waals surface area contributed by atoms with Crippen LogP contribution in [0.5, 0.6) is 0 Å². The highest BCUT2D eigenvalue weighted by Crippen LogP contribution is 2.42. The molecule has 0 radical (unpaired) electrons. The normalized spacial score (nSPS) is 31.2. The van der Waals surface area contributed by atoms with Gasteiger partial charge in [-0.05, 0) is 18.5 Å². The summed E-state index contributed by atoms with van der Waals surface area (Å²) in [6.45, 7) is 4.44. The second kappa shape index (κ2) is 7.39. The van der Waals surface area contributed by atoms with E-state index < -0.39 is 53.8 Å². The second-order valence-corrected chi connectivity index (χ2v) is 5.54. The zero-order valence-electron chi connectivity index (χ0n) is 12.9. The van der Waals surface area contributed by atoms with Gasteiger partial charge in [-0.2, -0.15) is 8.78 Å². The van der Waals surface area contributed by atoms with Gasteiger partial charge in [0, 0.05) is 20.8 Å². The summed E-state index contributed by atoms with van der Waals surface area (Å²) in [6, 6.07) is 0. The van der Waals surface area contributed by atoms with Crippen LogP contribution in [0.15, 0.2) is 0 Å². The molecule has 1 fully saturated rings. The lowest BCUT2D eigenvalue weighted by Crippen LogP contribution is -2.61. The first kappa shape index (κ1) is 19.6. The van der Waals surface area contributed by atoms with Crippen LogP contribution in [0.4, 0.5) is 8.78 Å². The van der Waals surface area contributed by atoms with E-state index in [1.165, 1.54) is 6.92 Å². The van der Waals surface area contributed by atoms with Crippen molar-refractivity contribution in [3.8, 4) is 0 Å². The third-order valence-corrected chi connectivity index (χ3v) is 3.30. The lowest BCUT2D eigenvalue weighted by Gasteiger charge is -2.44. The highest BCUT2D eigenvalue weighted by molar-refractivity contribution is 6.22. The van der Waals surface area contributed by atoms with Crippen LogP contribution in [-0.4, -0.2) is 47.9 Å². The van der Waals surface area contributed by atoms with Crippen molar-refractivity contribution >= 4 is 29.5 Å². The zero-order chi connectivity index (χ0) is 17.9. The Morgan fingerprint density at radius 1 is 0.957 bits per heavy atom. The molecule has 0 aromatic carbocycles. The largest absolute Gasteiger partial charge is 0.458 e. The fourth-order valence-electron chi connectivity index (χ4n) is 2.29. The number of rotatable bonds is 4. The average Bonchev–Trinajstić information content (AvgIpc) is 2.30. The van der Waals surface area contributed by atoms with Crippen LogP contribution in [0, 0.1) is 5.92 Å². The minimum atomic E-state index is -3.96. The molecule has 10 heteroatoms. The smallest absolute Gasteiger partial charge is 0.334 e. The van der Waals surface area contributed by atoms with E-state index in [0.717, 1.165) is 20.8 Å². The van der Waals surface area contributed by atoms with Gasteiger partial charge in [-0.15, -0.1) is 0 Å². The Kier molecular flexibility index (Phi) is 6.29. The molecule has 5 atom stereocenters. The van der Waals surface area contributed by atoms with Gasteiger partial charge in [0.2, 0.25) is 6.29 Å². The Hall–Kier alpha value is -1.48. The number of carbonyl (C=O) groups is 3. The van der Waals surface area contributed by atoms with Gasteiger partial charge in [0.05, 0.1) is 6.10 Å². The monoisotopic (exact) mass is 358 g/mol. The number of alkyl halides is 3. The molecule has 1 rings (SSSR count). The van der Waals surface area contributed by atoms with Crippen molar-refractivity contribution < 1.29 is 42.1 Å². The number of carbonyl (C=O) groups excluding carboxylic acids is 3. The number of halogens is 3. The van der Waals surface area contributed by atoms with Crippen LogP contribution >= 0.6 is 11.6 Å². The molecule has 0 amide bonds. The van der Waals surface area contributed by atoms with E-state index >= 15 is 0 Å². The van der Waals surface area contributed by atoms with Crippen LogP contribution < -0.4 is 0 Å². The first-order valence-corrected chi connectivity index (χ1v) is 7.05. The van der Waals surface area contributed by atoms with Crippen LogP contribution in [0.25, 0.3) is 0 Å². The van der Waals surface area contributed by atoms with E-state index in [4.69, 9.17) is 30.5 Å². The maximum Gasteiger partial charge on any atom is 0.334 e. The molecule has 1 saturated heterocycles. The predicted molar refractivity (Wildman–Crippen MR) is 71.5 cm³/mol. The minimum absolute atomic E-state index is 0.787. The molecular formula is C13H17ClF2O7. The first-order valence-electron chi connectivity index (χ1n) is 6.67. The molecule has 0 aliphatic carbocycles. The van der Waals surface area contributed by atoms with Gasteiger partial charge >= 0.3 is 23.3 Å². The first-order chi connectivity index (χ1) is 10.4. The van der Waals surface area contributed by atoms with Gasteiger partial charge in [0.1, 0.15) is 5.92 Å². The molecule has 23 heavy (non-hydrogen) atoms. The van der Waals surface area contributed by atoms with Crippen molar-refractivity contribution in [2.24, 2.45) is 5.92 Å². The van der Waals surface area contributed by atoms with E-state index in [2.05, 4.69) is 0 Å². The molecule has 0 aromatic rings. The summed E-state index contributed by atoms with van der Waals surface area (Å²) >= 11 is 5.08. The Labute approximate surface area is 136 Å². The van der Waals surface area contributed by atoms with Crippen LogP contribution in [-0.2, 0) is 33.3 Å². The molecule has 0 N–H and O–H groups in total. The number of hydrogen-bond donors (Lipinski definition) is 0. The molecule has 132 valence electrons. The summed E-state index contributed by atoms with van der Waals surface area (Å²) < 4.78 is 47.3. The molecule has 1 heterocycles. The average molecular weight is 359 g/mol. The Balaban J connectivity index is 3.25. The minimum Gasteiger partial charge on any atom is -0.458 e. The molecule has 1 aliphatic rings. The molecule has 1 aliphatic heterocycles. The van der Waals surface area contributed by atoms with Crippen molar-refractivity contribution in [3.05, 3.63) is 0 Å². The topological polar surface area (TPSA) is 88.1 Å². The summed E-state index contributed by atoms with van der Waals surface area (Å²) in [5.41, 5.74) is 0. The third-order valence-electron chi connectivity index (χ3n) is 3.05. The lowest BCUT2D eigenvalue weighted by atomic mass is 9.90. The van der Waals surface area contributed by atoms with E-state index in [-0.39, 0.29) is 0 Å². The van der Waals surface area contributed by atoms with Gasteiger partial charge < -0.3 is 18.9 Å². The Morgan fingerprint density at radius 2 is 1.39 bits per heavy atom. The molecule has 0 spiro atoms. The van der Waals surface area contributed by atoms with Gasteiger partial charge in [-0.25, -0.2) is 0 Å². The maximum absolute atomic E-state index is 13.8. The van der Waals surface area contributed by atoms with Crippen LogP contribution in [0.3, 0.4) is 0 Å². The van der Waals surface area contributed by atoms with Crippen molar-refractivity contribution in [3.63, 3.8) is 0 Å². The molecule has 0 saturated carbocycles. The summed E-state index contributed by atoms with van der Waals surface area (Å²) in [4.78, 5) is 33.5. The highest BCUT2D eigenvalue weighted by atomic mass is 35.5. The second-order valence-electron chi connectivity index (χ2n) is 5.03. The number of ether oxygens (including phenoxy) is 4. The summed E-state index contributed by atoms with van der Waals surface area (Å²) in [6.07, 6.45) is -5.75. The van der Waals surface area contributed by atoms with Crippen LogP contribution in [0.2, 0.25) is 0 Å². The van der Waals surface area contributed by atoms with Gasteiger partial charge in [-0.3, -0.25) is 14.4 Å². The van der Waals surface area contributed by atoms with Gasteiger partial charge in [0.25, 0.3) is 0 Å². The van der Waals surface area contributed by atoms with Gasteiger partial charge in [-0.1, -0.05) is 0 Å². The standard InChI is InChI=1S/C13H17ClF2O7/c1-5-10(21-6(2)17)11(22-7(3)18)9(13(14,15)16)12(20-5)23-8(4)19/h5,9-12H,1-4H3/t5-,9-,10-,11-,12+/m0/s1. The molecule has 0 bridgehead atoms. The third kappa shape index (κ3) is 5.28. The van der Waals surface area contributed by atoms with Crippen molar-refractivity contribution in [2.45, 2.75) is 57.7 Å². The fourth-order valence-corrected chi connectivity index (χ4v) is 2.52. The summed E-state index contributed by atoms with van der Waals surface area (Å²) in [5, 5.41) is -3.96. The maximum atomic E-state index is 13.8. The quantitative estimate of drug-likeness (QED) is 0.428. The Bertz CT molecular complexity index is 479. The molecule has 0 aromatic heterocycles. The van der Waals surface area contributed by atoms with Crippen molar-refractivity contribution in [2.75, 3.05) is 0 Å². The summed E-state index contributed by atoms with van der Waals surface area (Å²) in [5.74, 6) is -4.63. The van der Waals surface area contributed by atoms with Gasteiger partial charge in [0.15, 0.2) is 12.2 Å². The number of hydrogen-bond acceptors (Lipinski definition) is 7.